The summed E-state index contributed by atoms with van der Waals surface area (Å²) in [6.07, 6.45) is 5.69. The van der Waals surface area contributed by atoms with Gasteiger partial charge in [0, 0.05) is 6.92 Å². The van der Waals surface area contributed by atoms with E-state index in [0.29, 0.717) is 12.3 Å². The molecule has 1 heterocycles. The van der Waals surface area contributed by atoms with Crippen LogP contribution in [0.4, 0.5) is 0 Å². The second kappa shape index (κ2) is 5.26. The molecule has 112 valence electrons. The Morgan fingerprint density at radius 1 is 1.32 bits per heavy atom. The van der Waals surface area contributed by atoms with Crippen molar-refractivity contribution in [1.29, 1.82) is 0 Å². The van der Waals surface area contributed by atoms with E-state index in [-0.39, 0.29) is 5.82 Å². The molecule has 0 amide bonds. The molecule has 5 nitrogen and oxygen atoms in total. The lowest BCUT2D eigenvalue weighted by atomic mass is 9.78. The fourth-order valence-corrected chi connectivity index (χ4v) is 2.64. The number of aromatic nitrogens is 2. The first-order valence-electron chi connectivity index (χ1n) is 7.02. The van der Waals surface area contributed by atoms with Crippen molar-refractivity contribution in [3.63, 3.8) is 0 Å². The van der Waals surface area contributed by atoms with Crippen molar-refractivity contribution < 1.29 is 14.4 Å². The number of carboxylic acids is 1. The van der Waals surface area contributed by atoms with Crippen LogP contribution in [-0.4, -0.2) is 21.2 Å². The van der Waals surface area contributed by atoms with Gasteiger partial charge in [-0.3, -0.25) is 4.79 Å². The number of benzene rings is 1. The minimum atomic E-state index is -1.26. The lowest BCUT2D eigenvalue weighted by Gasteiger charge is -2.24. The van der Waals surface area contributed by atoms with Crippen molar-refractivity contribution in [2.24, 2.45) is 0 Å². The number of nitrogens with zero attached hydrogens (tertiary/aromatic N) is 2. The van der Waals surface area contributed by atoms with Gasteiger partial charge in [-0.1, -0.05) is 47.7 Å². The molecule has 5 heteroatoms. The number of rotatable bonds is 3. The van der Waals surface area contributed by atoms with Gasteiger partial charge in [0.05, 0.1) is 0 Å². The average Bonchev–Trinajstić information content (AvgIpc) is 2.95. The summed E-state index contributed by atoms with van der Waals surface area (Å²) in [5.41, 5.74) is 2.00. The van der Waals surface area contributed by atoms with Crippen LogP contribution in [-0.2, 0) is 10.2 Å². The smallest absolute Gasteiger partial charge is 0.321 e. The lowest BCUT2D eigenvalue weighted by molar-refractivity contribution is -0.142. The van der Waals surface area contributed by atoms with Gasteiger partial charge in [-0.15, -0.1) is 0 Å². The Hall–Kier alpha value is -2.69. The van der Waals surface area contributed by atoms with Gasteiger partial charge in [0.25, 0.3) is 0 Å². The predicted octanol–water partition coefficient (Wildman–Crippen LogP) is 3.05. The van der Waals surface area contributed by atoms with Crippen LogP contribution in [0.1, 0.15) is 29.3 Å². The van der Waals surface area contributed by atoms with E-state index in [1.165, 1.54) is 0 Å². The van der Waals surface area contributed by atoms with E-state index in [2.05, 4.69) is 10.1 Å². The molecule has 1 aromatic heterocycles. The molecule has 22 heavy (non-hydrogen) atoms. The summed E-state index contributed by atoms with van der Waals surface area (Å²) in [6, 6.07) is 8.01. The van der Waals surface area contributed by atoms with E-state index < -0.39 is 11.4 Å². The summed E-state index contributed by atoms with van der Waals surface area (Å²) < 4.78 is 4.94. The predicted molar refractivity (Wildman–Crippen MR) is 81.3 cm³/mol. The van der Waals surface area contributed by atoms with Gasteiger partial charge in [0.2, 0.25) is 5.89 Å². The normalized spacial score (nSPS) is 20.7. The highest BCUT2D eigenvalue weighted by atomic mass is 16.5. The van der Waals surface area contributed by atoms with Gasteiger partial charge < -0.3 is 9.63 Å². The molecule has 1 aromatic carbocycles. The highest BCUT2D eigenvalue weighted by Gasteiger charge is 2.43. The summed E-state index contributed by atoms with van der Waals surface area (Å²) >= 11 is 0. The molecular formula is C17H16N2O3. The number of carbonyl (C=O) groups is 1. The van der Waals surface area contributed by atoms with Crippen molar-refractivity contribution in [1.82, 2.24) is 10.1 Å². The highest BCUT2D eigenvalue weighted by molar-refractivity contribution is 5.87. The largest absolute Gasteiger partial charge is 0.480 e. The monoisotopic (exact) mass is 296 g/mol. The third kappa shape index (κ3) is 2.24. The molecule has 3 rings (SSSR count). The van der Waals surface area contributed by atoms with E-state index in [4.69, 9.17) is 4.52 Å². The third-order valence-electron chi connectivity index (χ3n) is 3.96. The van der Waals surface area contributed by atoms with Gasteiger partial charge >= 0.3 is 5.97 Å². The highest BCUT2D eigenvalue weighted by Crippen LogP contribution is 2.36. The van der Waals surface area contributed by atoms with Gasteiger partial charge in [0.15, 0.2) is 11.2 Å². The zero-order valence-corrected chi connectivity index (χ0v) is 12.4. The second-order valence-corrected chi connectivity index (χ2v) is 5.43. The standard InChI is InChI=1S/C17H16N2O3/c1-11-5-3-4-6-14(11)13-7-9-17(10-8-13,16(20)21)15-18-12(2)22-19-15/h3-9H,10H2,1-2H3,(H,20,21). The molecule has 0 fully saturated rings. The van der Waals surface area contributed by atoms with Crippen LogP contribution in [0.15, 0.2) is 47.0 Å². The second-order valence-electron chi connectivity index (χ2n) is 5.43. The Kier molecular flexibility index (Phi) is 3.41. The first kappa shape index (κ1) is 14.3. The van der Waals surface area contributed by atoms with E-state index in [9.17, 15) is 9.90 Å². The average molecular weight is 296 g/mol. The Labute approximate surface area is 128 Å². The third-order valence-corrected chi connectivity index (χ3v) is 3.96. The molecule has 0 saturated carbocycles. The van der Waals surface area contributed by atoms with E-state index >= 15 is 0 Å². The van der Waals surface area contributed by atoms with Crippen LogP contribution >= 0.6 is 0 Å². The maximum Gasteiger partial charge on any atom is 0.321 e. The van der Waals surface area contributed by atoms with Gasteiger partial charge in [-0.2, -0.15) is 4.98 Å². The van der Waals surface area contributed by atoms with Crippen molar-refractivity contribution in [2.75, 3.05) is 0 Å². The van der Waals surface area contributed by atoms with Crippen LogP contribution in [0.2, 0.25) is 0 Å². The molecule has 0 aliphatic heterocycles. The van der Waals surface area contributed by atoms with Gasteiger partial charge in [-0.25, -0.2) is 0 Å². The van der Waals surface area contributed by atoms with Crippen molar-refractivity contribution in [3.8, 4) is 0 Å². The van der Waals surface area contributed by atoms with E-state index in [1.54, 1.807) is 13.0 Å². The minimum absolute atomic E-state index is 0.189. The topological polar surface area (TPSA) is 76.2 Å². The Bertz CT molecular complexity index is 789. The van der Waals surface area contributed by atoms with Gasteiger partial charge in [-0.05, 0) is 30.0 Å². The van der Waals surface area contributed by atoms with Gasteiger partial charge in [0.1, 0.15) is 0 Å². The zero-order chi connectivity index (χ0) is 15.7. The van der Waals surface area contributed by atoms with Crippen LogP contribution in [0, 0.1) is 13.8 Å². The molecule has 0 bridgehead atoms. The number of aryl methyl sites for hydroxylation is 2. The first-order chi connectivity index (χ1) is 10.5. The fourth-order valence-electron chi connectivity index (χ4n) is 2.64. The number of allylic oxidation sites excluding steroid dienone is 3. The Morgan fingerprint density at radius 2 is 2.09 bits per heavy atom. The molecule has 0 radical (unpaired) electrons. The zero-order valence-electron chi connectivity index (χ0n) is 12.4. The Morgan fingerprint density at radius 3 is 2.64 bits per heavy atom. The van der Waals surface area contributed by atoms with Crippen molar-refractivity contribution >= 4 is 11.5 Å². The van der Waals surface area contributed by atoms with Crippen LogP contribution in [0.5, 0.6) is 0 Å². The fraction of sp³-hybridized carbons (Fsp3) is 0.235. The summed E-state index contributed by atoms with van der Waals surface area (Å²) in [5.74, 6) is -0.434. The SMILES string of the molecule is Cc1nc(C2(C(=O)O)C=CC(c3ccccc3C)=CC2)no1. The van der Waals surface area contributed by atoms with Crippen molar-refractivity contribution in [2.45, 2.75) is 25.7 Å². The van der Waals surface area contributed by atoms with Crippen LogP contribution < -0.4 is 0 Å². The summed E-state index contributed by atoms with van der Waals surface area (Å²) in [4.78, 5) is 15.9. The van der Waals surface area contributed by atoms with Crippen LogP contribution in [0.25, 0.3) is 5.57 Å². The molecule has 1 unspecified atom stereocenters. The van der Waals surface area contributed by atoms with E-state index in [0.717, 1.165) is 16.7 Å². The first-order valence-corrected chi connectivity index (χ1v) is 7.02. The molecule has 1 aliphatic rings. The summed E-state index contributed by atoms with van der Waals surface area (Å²) in [7, 11) is 0. The molecule has 0 saturated heterocycles. The summed E-state index contributed by atoms with van der Waals surface area (Å²) in [6.45, 7) is 3.68. The maximum atomic E-state index is 11.8. The maximum absolute atomic E-state index is 11.8. The minimum Gasteiger partial charge on any atom is -0.480 e. The molecule has 0 spiro atoms. The number of aliphatic carboxylic acids is 1. The quantitative estimate of drug-likeness (QED) is 0.942. The molecule has 1 atom stereocenters. The van der Waals surface area contributed by atoms with Crippen LogP contribution in [0.3, 0.4) is 0 Å². The number of carboxylic acid groups (broad SMARTS) is 1. The molecule has 1 N–H and O–H groups in total. The molecular weight excluding hydrogens is 280 g/mol. The van der Waals surface area contributed by atoms with Crippen molar-refractivity contribution in [3.05, 3.63) is 65.3 Å². The molecule has 2 aromatic rings. The van der Waals surface area contributed by atoms with E-state index in [1.807, 2.05) is 43.3 Å². The lowest BCUT2D eigenvalue weighted by Crippen LogP contribution is -2.35. The number of hydrogen-bond acceptors (Lipinski definition) is 4. The molecule has 1 aliphatic carbocycles. The number of hydrogen-bond donors (Lipinski definition) is 1. The Balaban J connectivity index is 1.99. The summed E-state index contributed by atoms with van der Waals surface area (Å²) in [5, 5.41) is 13.5.